The molecular formula is C11H18N2OS. The molecule has 84 valence electrons. The first kappa shape index (κ1) is 12.2. The van der Waals surface area contributed by atoms with Crippen molar-refractivity contribution in [2.45, 2.75) is 25.3 Å². The molecule has 3 nitrogen and oxygen atoms in total. The summed E-state index contributed by atoms with van der Waals surface area (Å²) in [5.74, 6) is 2.31. The molecule has 4 heteroatoms. The minimum absolute atomic E-state index is 0.518. The quantitative estimate of drug-likeness (QED) is 0.784. The predicted molar refractivity (Wildman–Crippen MR) is 65.4 cm³/mol. The summed E-state index contributed by atoms with van der Waals surface area (Å²) in [7, 11) is 1.59. The second-order valence-electron chi connectivity index (χ2n) is 3.57. The van der Waals surface area contributed by atoms with Gasteiger partial charge in [-0.05, 0) is 18.1 Å². The van der Waals surface area contributed by atoms with Crippen LogP contribution in [0.1, 0.15) is 20.3 Å². The Morgan fingerprint density at radius 3 is 2.87 bits per heavy atom. The highest BCUT2D eigenvalue weighted by Crippen LogP contribution is 2.25. The van der Waals surface area contributed by atoms with Crippen molar-refractivity contribution in [2.24, 2.45) is 5.92 Å². The number of hydrogen-bond acceptors (Lipinski definition) is 4. The Hall–Kier alpha value is -0.900. The smallest absolute Gasteiger partial charge is 0.237 e. The minimum Gasteiger partial charge on any atom is -0.480 e. The Labute approximate surface area is 95.4 Å². The van der Waals surface area contributed by atoms with Crippen molar-refractivity contribution in [2.75, 3.05) is 18.6 Å². The van der Waals surface area contributed by atoms with E-state index in [1.165, 1.54) is 6.42 Å². The molecule has 1 rings (SSSR count). The van der Waals surface area contributed by atoms with Crippen molar-refractivity contribution in [1.82, 2.24) is 4.98 Å². The lowest BCUT2D eigenvalue weighted by Gasteiger charge is -2.08. The fraction of sp³-hybridized carbons (Fsp3) is 0.545. The first-order chi connectivity index (χ1) is 7.17. The molecule has 1 aromatic rings. The van der Waals surface area contributed by atoms with Gasteiger partial charge < -0.3 is 10.5 Å². The van der Waals surface area contributed by atoms with Crippen molar-refractivity contribution in [3.05, 3.63) is 12.1 Å². The number of thioether (sulfide) groups is 1. The molecule has 0 bridgehead atoms. The summed E-state index contributed by atoms with van der Waals surface area (Å²) in [5, 5.41) is 0.973. The van der Waals surface area contributed by atoms with Gasteiger partial charge in [0.05, 0.1) is 12.8 Å². The van der Waals surface area contributed by atoms with Gasteiger partial charge in [-0.1, -0.05) is 20.3 Å². The largest absolute Gasteiger partial charge is 0.480 e. The second kappa shape index (κ2) is 5.85. The highest BCUT2D eigenvalue weighted by molar-refractivity contribution is 7.99. The van der Waals surface area contributed by atoms with Gasteiger partial charge in [-0.3, -0.25) is 0 Å². The molecule has 0 aliphatic carbocycles. The normalized spacial score (nSPS) is 12.5. The highest BCUT2D eigenvalue weighted by Gasteiger charge is 2.05. The predicted octanol–water partition coefficient (Wildman–Crippen LogP) is 2.81. The van der Waals surface area contributed by atoms with Gasteiger partial charge in [0.25, 0.3) is 0 Å². The SMILES string of the molecule is CCC(C)CSc1ccc(N)c(OC)n1. The van der Waals surface area contributed by atoms with Crippen LogP contribution in [0.5, 0.6) is 5.88 Å². The van der Waals surface area contributed by atoms with Gasteiger partial charge in [0.15, 0.2) is 0 Å². The Morgan fingerprint density at radius 1 is 1.53 bits per heavy atom. The van der Waals surface area contributed by atoms with Crippen molar-refractivity contribution < 1.29 is 4.74 Å². The molecule has 1 heterocycles. The van der Waals surface area contributed by atoms with Crippen molar-refractivity contribution >= 4 is 17.4 Å². The van der Waals surface area contributed by atoms with E-state index in [0.717, 1.165) is 10.8 Å². The van der Waals surface area contributed by atoms with Gasteiger partial charge >= 0.3 is 0 Å². The van der Waals surface area contributed by atoms with Crippen molar-refractivity contribution in [1.29, 1.82) is 0 Å². The number of aromatic nitrogens is 1. The molecule has 1 unspecified atom stereocenters. The molecule has 1 atom stereocenters. The van der Waals surface area contributed by atoms with Gasteiger partial charge in [-0.15, -0.1) is 11.8 Å². The summed E-state index contributed by atoms with van der Waals surface area (Å²) in [6.07, 6.45) is 1.19. The number of rotatable bonds is 5. The molecule has 0 radical (unpaired) electrons. The van der Waals surface area contributed by atoms with E-state index < -0.39 is 0 Å². The first-order valence-electron chi connectivity index (χ1n) is 5.10. The number of hydrogen-bond donors (Lipinski definition) is 1. The van der Waals surface area contributed by atoms with Crippen LogP contribution in [0.4, 0.5) is 5.69 Å². The number of nitrogens with zero attached hydrogens (tertiary/aromatic N) is 1. The van der Waals surface area contributed by atoms with Crippen LogP contribution in [0.2, 0.25) is 0 Å². The molecule has 0 spiro atoms. The zero-order chi connectivity index (χ0) is 11.3. The minimum atomic E-state index is 0.518. The maximum atomic E-state index is 5.69. The molecule has 0 aliphatic rings. The summed E-state index contributed by atoms with van der Waals surface area (Å²) >= 11 is 1.74. The average Bonchev–Trinajstić information content (AvgIpc) is 2.27. The lowest BCUT2D eigenvalue weighted by atomic mass is 10.2. The van der Waals surface area contributed by atoms with E-state index >= 15 is 0 Å². The van der Waals surface area contributed by atoms with E-state index in [1.54, 1.807) is 18.9 Å². The van der Waals surface area contributed by atoms with E-state index in [9.17, 15) is 0 Å². The molecule has 0 aromatic carbocycles. The molecule has 0 amide bonds. The first-order valence-corrected chi connectivity index (χ1v) is 6.09. The third kappa shape index (κ3) is 3.63. The zero-order valence-electron chi connectivity index (χ0n) is 9.49. The van der Waals surface area contributed by atoms with Gasteiger partial charge in [-0.2, -0.15) is 0 Å². The summed E-state index contributed by atoms with van der Waals surface area (Å²) in [6.45, 7) is 4.43. The molecule has 0 aliphatic heterocycles. The average molecular weight is 226 g/mol. The number of ether oxygens (including phenoxy) is 1. The highest BCUT2D eigenvalue weighted by atomic mass is 32.2. The van der Waals surface area contributed by atoms with E-state index in [1.807, 2.05) is 12.1 Å². The lowest BCUT2D eigenvalue weighted by molar-refractivity contribution is 0.397. The topological polar surface area (TPSA) is 48.1 Å². The molecule has 0 saturated carbocycles. The summed E-state index contributed by atoms with van der Waals surface area (Å²) in [5.41, 5.74) is 6.27. The van der Waals surface area contributed by atoms with Crippen molar-refractivity contribution in [3.63, 3.8) is 0 Å². The van der Waals surface area contributed by atoms with Gasteiger partial charge in [-0.25, -0.2) is 4.98 Å². The third-order valence-electron chi connectivity index (χ3n) is 2.27. The molecule has 0 fully saturated rings. The van der Waals surface area contributed by atoms with Crippen LogP contribution in [-0.4, -0.2) is 17.8 Å². The van der Waals surface area contributed by atoms with Crippen LogP contribution in [0.25, 0.3) is 0 Å². The Morgan fingerprint density at radius 2 is 2.27 bits per heavy atom. The maximum absolute atomic E-state index is 5.69. The molecule has 15 heavy (non-hydrogen) atoms. The van der Waals surface area contributed by atoms with Crippen molar-refractivity contribution in [3.8, 4) is 5.88 Å². The van der Waals surface area contributed by atoms with Crippen LogP contribution >= 0.6 is 11.8 Å². The monoisotopic (exact) mass is 226 g/mol. The summed E-state index contributed by atoms with van der Waals surface area (Å²) < 4.78 is 5.07. The van der Waals surface area contributed by atoms with E-state index in [0.29, 0.717) is 17.5 Å². The third-order valence-corrected chi connectivity index (χ3v) is 3.53. The molecule has 2 N–H and O–H groups in total. The Kier molecular flexibility index (Phi) is 4.75. The standard InChI is InChI=1S/C11H18N2OS/c1-4-8(2)7-15-10-6-5-9(12)11(13-10)14-3/h5-6,8H,4,7,12H2,1-3H3. The molecule has 0 saturated heterocycles. The zero-order valence-corrected chi connectivity index (χ0v) is 10.3. The Balaban J connectivity index is 2.62. The van der Waals surface area contributed by atoms with E-state index in [-0.39, 0.29) is 0 Å². The van der Waals surface area contributed by atoms with Gasteiger partial charge in [0.1, 0.15) is 5.03 Å². The number of anilines is 1. The van der Waals surface area contributed by atoms with Crippen LogP contribution in [-0.2, 0) is 0 Å². The lowest BCUT2D eigenvalue weighted by Crippen LogP contribution is -1.98. The van der Waals surface area contributed by atoms with Gasteiger partial charge in [0.2, 0.25) is 5.88 Å². The van der Waals surface area contributed by atoms with Crippen LogP contribution < -0.4 is 10.5 Å². The van der Waals surface area contributed by atoms with E-state index in [2.05, 4.69) is 18.8 Å². The number of nitrogens with two attached hydrogens (primary N) is 1. The number of methoxy groups -OCH3 is 1. The summed E-state index contributed by atoms with van der Waals surface area (Å²) in [4.78, 5) is 4.31. The maximum Gasteiger partial charge on any atom is 0.237 e. The second-order valence-corrected chi connectivity index (χ2v) is 4.61. The number of pyridine rings is 1. The van der Waals surface area contributed by atoms with Crippen LogP contribution in [0, 0.1) is 5.92 Å². The van der Waals surface area contributed by atoms with Crippen LogP contribution in [0.15, 0.2) is 17.2 Å². The van der Waals surface area contributed by atoms with E-state index in [4.69, 9.17) is 10.5 Å². The van der Waals surface area contributed by atoms with Gasteiger partial charge in [0, 0.05) is 5.75 Å². The molecule has 1 aromatic heterocycles. The fourth-order valence-corrected chi connectivity index (χ4v) is 2.03. The van der Waals surface area contributed by atoms with Crippen LogP contribution in [0.3, 0.4) is 0 Å². The summed E-state index contributed by atoms with van der Waals surface area (Å²) in [6, 6.07) is 3.77. The molecular weight excluding hydrogens is 208 g/mol. The fourth-order valence-electron chi connectivity index (χ4n) is 1.02. The Bertz CT molecular complexity index is 317. The number of nitrogen functional groups attached to an aromatic ring is 1.